The lowest BCUT2D eigenvalue weighted by molar-refractivity contribution is -0.146. The summed E-state index contributed by atoms with van der Waals surface area (Å²) in [6, 6.07) is 21.4. The highest BCUT2D eigenvalue weighted by Crippen LogP contribution is 2.49. The van der Waals surface area contributed by atoms with E-state index in [-0.39, 0.29) is 18.4 Å². The van der Waals surface area contributed by atoms with Crippen LogP contribution in [0.15, 0.2) is 72.8 Å². The van der Waals surface area contributed by atoms with Crippen molar-refractivity contribution < 1.29 is 23.5 Å². The lowest BCUT2D eigenvalue weighted by Crippen LogP contribution is -2.23. The lowest BCUT2D eigenvalue weighted by atomic mass is 9.93. The summed E-state index contributed by atoms with van der Waals surface area (Å²) in [6.07, 6.45) is 0.953. The molecule has 38 heavy (non-hydrogen) atoms. The molecule has 0 spiro atoms. The summed E-state index contributed by atoms with van der Waals surface area (Å²) in [6.45, 7) is 3.94. The Labute approximate surface area is 219 Å². The van der Waals surface area contributed by atoms with E-state index in [0.717, 1.165) is 29.5 Å². The first-order valence-electron chi connectivity index (χ1n) is 12.4. The van der Waals surface area contributed by atoms with Gasteiger partial charge in [0.15, 0.2) is 5.82 Å². The predicted octanol–water partition coefficient (Wildman–Crippen LogP) is 5.73. The van der Waals surface area contributed by atoms with Gasteiger partial charge in [-0.15, -0.1) is 5.10 Å². The molecule has 1 N–H and O–H groups in total. The van der Waals surface area contributed by atoms with Crippen LogP contribution in [-0.4, -0.2) is 33.7 Å². The maximum absolute atomic E-state index is 13.1. The van der Waals surface area contributed by atoms with Gasteiger partial charge in [-0.3, -0.25) is 10.1 Å². The van der Waals surface area contributed by atoms with E-state index in [0.29, 0.717) is 29.4 Å². The number of ether oxygens (including phenoxy) is 2. The van der Waals surface area contributed by atoms with E-state index in [9.17, 15) is 14.0 Å². The number of amides is 1. The van der Waals surface area contributed by atoms with E-state index in [1.54, 1.807) is 19.1 Å². The molecule has 1 aliphatic carbocycles. The average Bonchev–Trinajstić information content (AvgIpc) is 3.68. The number of halogens is 1. The topological polar surface area (TPSA) is 95.3 Å². The van der Waals surface area contributed by atoms with E-state index in [1.807, 2.05) is 55.5 Å². The Morgan fingerprint density at radius 2 is 1.58 bits per heavy atom. The van der Waals surface area contributed by atoms with Crippen LogP contribution in [0.3, 0.4) is 0 Å². The Morgan fingerprint density at radius 3 is 2.18 bits per heavy atom. The van der Waals surface area contributed by atoms with Crippen LogP contribution in [0.5, 0.6) is 0 Å². The highest BCUT2D eigenvalue weighted by Gasteiger charge is 2.52. The molecule has 1 fully saturated rings. The van der Waals surface area contributed by atoms with Crippen molar-refractivity contribution in [3.05, 3.63) is 95.4 Å². The number of carbonyl (C=O) groups is 2. The lowest BCUT2D eigenvalue weighted by Gasteiger charge is -2.15. The van der Waals surface area contributed by atoms with Crippen molar-refractivity contribution in [3.8, 4) is 16.8 Å². The molecule has 1 heterocycles. The van der Waals surface area contributed by atoms with Crippen molar-refractivity contribution in [2.45, 2.75) is 38.7 Å². The number of hydrogen-bond donors (Lipinski definition) is 1. The minimum atomic E-state index is -0.672. The summed E-state index contributed by atoms with van der Waals surface area (Å²) >= 11 is 0. The first-order valence-corrected chi connectivity index (χ1v) is 12.4. The van der Waals surface area contributed by atoms with Gasteiger partial charge in [-0.05, 0) is 73.2 Å². The number of benzene rings is 3. The summed E-state index contributed by atoms with van der Waals surface area (Å²) in [5.74, 6) is -0.114. The van der Waals surface area contributed by atoms with Crippen molar-refractivity contribution >= 4 is 17.9 Å². The maximum atomic E-state index is 13.1. The number of aromatic nitrogens is 3. The number of anilines is 1. The number of esters is 1. The quantitative estimate of drug-likeness (QED) is 0.302. The molecule has 0 bridgehead atoms. The number of nitrogens with one attached hydrogen (secondary N) is 1. The molecule has 5 rings (SSSR count). The number of hydrogen-bond acceptors (Lipinski definition) is 6. The van der Waals surface area contributed by atoms with Gasteiger partial charge in [-0.1, -0.05) is 53.7 Å². The van der Waals surface area contributed by atoms with Crippen LogP contribution in [0.1, 0.15) is 36.6 Å². The second-order valence-electron chi connectivity index (χ2n) is 9.19. The highest BCUT2D eigenvalue weighted by molar-refractivity contribution is 5.87. The number of nitrogens with zero attached hydrogens (tertiary/aromatic N) is 3. The van der Waals surface area contributed by atoms with Gasteiger partial charge in [0.25, 0.3) is 0 Å². The number of carbonyl (C=O) groups excluding carboxylic acids is 2. The molecule has 1 amide bonds. The van der Waals surface area contributed by atoms with Gasteiger partial charge in [0.05, 0.1) is 17.7 Å². The smallest absolute Gasteiger partial charge is 0.413 e. The van der Waals surface area contributed by atoms with E-state index in [4.69, 9.17) is 9.47 Å². The normalized spacial score (nSPS) is 13.6. The number of aryl methyl sites for hydroxylation is 1. The Kier molecular flexibility index (Phi) is 6.91. The minimum absolute atomic E-state index is 0.00111. The fraction of sp³-hybridized carbons (Fsp3) is 0.241. The largest absolute Gasteiger partial charge is 0.465 e. The van der Waals surface area contributed by atoms with Crippen molar-refractivity contribution in [1.29, 1.82) is 0 Å². The fourth-order valence-corrected chi connectivity index (χ4v) is 4.33. The third-order valence-electron chi connectivity index (χ3n) is 6.64. The Balaban J connectivity index is 1.27. The molecule has 9 heteroatoms. The highest BCUT2D eigenvalue weighted by atomic mass is 19.1. The molecule has 3 aromatic carbocycles. The number of rotatable bonds is 8. The summed E-state index contributed by atoms with van der Waals surface area (Å²) in [5, 5.41) is 10.9. The summed E-state index contributed by atoms with van der Waals surface area (Å²) in [4.78, 5) is 24.8. The molecule has 0 radical (unpaired) electrons. The predicted molar refractivity (Wildman–Crippen MR) is 139 cm³/mol. The van der Waals surface area contributed by atoms with Gasteiger partial charge < -0.3 is 9.47 Å². The van der Waals surface area contributed by atoms with Gasteiger partial charge in [0, 0.05) is 0 Å². The molecule has 8 nitrogen and oxygen atoms in total. The fourth-order valence-electron chi connectivity index (χ4n) is 4.33. The molecule has 4 aromatic rings. The molecular weight excluding hydrogens is 487 g/mol. The molecular formula is C29H27FN4O4. The van der Waals surface area contributed by atoms with E-state index < -0.39 is 11.5 Å². The zero-order valence-electron chi connectivity index (χ0n) is 21.1. The molecule has 0 atom stereocenters. The Bertz CT molecular complexity index is 1440. The molecule has 1 aromatic heterocycles. The first-order chi connectivity index (χ1) is 18.4. The molecule has 0 saturated heterocycles. The van der Waals surface area contributed by atoms with Gasteiger partial charge in [0.2, 0.25) is 0 Å². The molecule has 194 valence electrons. The average molecular weight is 515 g/mol. The molecule has 0 aliphatic heterocycles. The minimum Gasteiger partial charge on any atom is -0.465 e. The Hall–Kier alpha value is -4.53. The summed E-state index contributed by atoms with van der Waals surface area (Å²) in [7, 11) is 0. The van der Waals surface area contributed by atoms with Crippen molar-refractivity contribution in [1.82, 2.24) is 15.0 Å². The van der Waals surface area contributed by atoms with Crippen LogP contribution >= 0.6 is 0 Å². The summed E-state index contributed by atoms with van der Waals surface area (Å²) in [5.41, 5.74) is 4.40. The zero-order chi connectivity index (χ0) is 26.7. The van der Waals surface area contributed by atoms with Crippen LogP contribution in [0.4, 0.5) is 15.0 Å². The molecule has 1 saturated carbocycles. The third-order valence-corrected chi connectivity index (χ3v) is 6.64. The molecule has 0 unspecified atom stereocenters. The van der Waals surface area contributed by atoms with Crippen LogP contribution in [0.25, 0.3) is 16.8 Å². The van der Waals surface area contributed by atoms with Gasteiger partial charge in [-0.2, -0.15) is 4.68 Å². The molecule has 1 aliphatic rings. The second-order valence-corrected chi connectivity index (χ2v) is 9.19. The van der Waals surface area contributed by atoms with Crippen LogP contribution < -0.4 is 5.32 Å². The van der Waals surface area contributed by atoms with Gasteiger partial charge in [-0.25, -0.2) is 9.18 Å². The van der Waals surface area contributed by atoms with E-state index in [2.05, 4.69) is 15.6 Å². The second kappa shape index (κ2) is 10.5. The SMILES string of the molecule is CCOC(=O)C1(c2ccc(-c3ccc(-n4nnc(C)c4NC(=O)OCc4ccc(F)cc4)cc3)cc2)CC1. The Morgan fingerprint density at radius 1 is 0.947 bits per heavy atom. The zero-order valence-corrected chi connectivity index (χ0v) is 21.1. The standard InChI is InChI=1S/C29H27FN4O4/c1-3-37-27(35)29(16-17-29)23-10-6-21(7-11-23)22-8-14-25(15-9-22)34-26(19(2)32-33-34)31-28(36)38-18-20-4-12-24(30)13-5-20/h4-15H,3,16-18H2,1-2H3,(H,31,36). The van der Waals surface area contributed by atoms with Gasteiger partial charge in [0.1, 0.15) is 18.1 Å². The van der Waals surface area contributed by atoms with Crippen molar-refractivity contribution in [2.24, 2.45) is 0 Å². The van der Waals surface area contributed by atoms with E-state index in [1.165, 1.54) is 16.8 Å². The van der Waals surface area contributed by atoms with Crippen molar-refractivity contribution in [3.63, 3.8) is 0 Å². The summed E-state index contributed by atoms with van der Waals surface area (Å²) < 4.78 is 25.1. The third kappa shape index (κ3) is 5.13. The van der Waals surface area contributed by atoms with Crippen LogP contribution in [-0.2, 0) is 26.3 Å². The van der Waals surface area contributed by atoms with Crippen molar-refractivity contribution in [2.75, 3.05) is 11.9 Å². The van der Waals surface area contributed by atoms with Crippen LogP contribution in [0.2, 0.25) is 0 Å². The van der Waals surface area contributed by atoms with Gasteiger partial charge >= 0.3 is 12.1 Å². The monoisotopic (exact) mass is 514 g/mol. The maximum Gasteiger partial charge on any atom is 0.413 e. The van der Waals surface area contributed by atoms with Crippen LogP contribution in [0, 0.1) is 12.7 Å². The van der Waals surface area contributed by atoms with E-state index >= 15 is 0 Å². The first kappa shape index (κ1) is 25.1.